The van der Waals surface area contributed by atoms with Crippen LogP contribution in [-0.4, -0.2) is 0 Å². The monoisotopic (exact) mass is 1150 g/mol. The number of anilines is 6. The van der Waals surface area contributed by atoms with Crippen molar-refractivity contribution in [3.63, 3.8) is 0 Å². The molecule has 89 heavy (non-hydrogen) atoms. The van der Waals surface area contributed by atoms with E-state index in [0.717, 1.165) is 34.1 Å². The Hall–Kier alpha value is -10.6. The summed E-state index contributed by atoms with van der Waals surface area (Å²) < 4.78 is 2.54. The summed E-state index contributed by atoms with van der Waals surface area (Å²) in [6, 6.07) is 113. The van der Waals surface area contributed by atoms with Crippen LogP contribution in [0.1, 0.15) is 49.9 Å². The van der Waals surface area contributed by atoms with Crippen LogP contribution in [0.2, 0.25) is 0 Å². The first-order valence-electron chi connectivity index (χ1n) is 31.0. The Balaban J connectivity index is 0.872. The Morgan fingerprint density at radius 3 is 1.06 bits per heavy atom. The van der Waals surface area contributed by atoms with Gasteiger partial charge in [-0.15, -0.1) is 11.3 Å². The second kappa shape index (κ2) is 20.5. The summed E-state index contributed by atoms with van der Waals surface area (Å²) in [6.07, 6.45) is 0. The summed E-state index contributed by atoms with van der Waals surface area (Å²) in [7, 11) is 0. The minimum Gasteiger partial charge on any atom is -0.310 e. The lowest BCUT2D eigenvalue weighted by Gasteiger charge is -2.29. The van der Waals surface area contributed by atoms with Gasteiger partial charge in [0.15, 0.2) is 0 Å². The van der Waals surface area contributed by atoms with Crippen molar-refractivity contribution >= 4 is 87.2 Å². The summed E-state index contributed by atoms with van der Waals surface area (Å²) in [5.74, 6) is 0. The molecule has 14 aromatic carbocycles. The van der Waals surface area contributed by atoms with Gasteiger partial charge in [0.05, 0.1) is 0 Å². The Bertz CT molecular complexity index is 5200. The highest BCUT2D eigenvalue weighted by Crippen LogP contribution is 2.55. The molecule has 0 unspecified atom stereocenters. The Kier molecular flexibility index (Phi) is 12.2. The molecule has 0 amide bonds. The molecule has 0 N–H and O–H groups in total. The molecule has 0 fully saturated rings. The number of fused-ring (bicyclic) bond motifs is 14. The first-order chi connectivity index (χ1) is 43.6. The molecule has 422 valence electrons. The maximum atomic E-state index is 2.51. The van der Waals surface area contributed by atoms with E-state index in [0.29, 0.717) is 0 Å². The summed E-state index contributed by atoms with van der Waals surface area (Å²) in [6.45, 7) is 9.52. The first kappa shape index (κ1) is 52.7. The highest BCUT2D eigenvalue weighted by atomic mass is 32.1. The molecule has 0 spiro atoms. The molecular formula is C86H62N2S. The van der Waals surface area contributed by atoms with Crippen LogP contribution in [0.4, 0.5) is 34.1 Å². The fraction of sp³-hybridized carbons (Fsp3) is 0.0698. The molecule has 2 aliphatic carbocycles. The molecule has 17 rings (SSSR count). The van der Waals surface area contributed by atoms with E-state index < -0.39 is 0 Å². The van der Waals surface area contributed by atoms with E-state index in [-0.39, 0.29) is 10.8 Å². The predicted octanol–water partition coefficient (Wildman–Crippen LogP) is 24.6. The van der Waals surface area contributed by atoms with Gasteiger partial charge in [-0.05, 0) is 190 Å². The zero-order valence-electron chi connectivity index (χ0n) is 50.2. The minimum atomic E-state index is -0.181. The molecule has 1 heterocycles. The van der Waals surface area contributed by atoms with Gasteiger partial charge in [-0.25, -0.2) is 0 Å². The fourth-order valence-electron chi connectivity index (χ4n) is 14.9. The summed E-state index contributed by atoms with van der Waals surface area (Å²) in [5, 5.41) is 7.54. The highest BCUT2D eigenvalue weighted by molar-refractivity contribution is 7.27. The van der Waals surface area contributed by atoms with Gasteiger partial charge in [0.2, 0.25) is 0 Å². The lowest BCUT2D eigenvalue weighted by Crippen LogP contribution is -2.16. The van der Waals surface area contributed by atoms with Gasteiger partial charge in [-0.1, -0.05) is 246 Å². The molecule has 0 atom stereocenters. The van der Waals surface area contributed by atoms with Crippen LogP contribution in [0.5, 0.6) is 0 Å². The molecule has 15 aromatic rings. The number of thiophene rings is 1. The number of nitrogens with zero attached hydrogens (tertiary/aromatic N) is 2. The van der Waals surface area contributed by atoms with Crippen LogP contribution in [-0.2, 0) is 10.8 Å². The van der Waals surface area contributed by atoms with Gasteiger partial charge in [0.1, 0.15) is 0 Å². The van der Waals surface area contributed by atoms with E-state index in [9.17, 15) is 0 Å². The summed E-state index contributed by atoms with van der Waals surface area (Å²) in [5.41, 5.74) is 26.4. The van der Waals surface area contributed by atoms with Crippen molar-refractivity contribution in [1.29, 1.82) is 0 Å². The van der Waals surface area contributed by atoms with Crippen molar-refractivity contribution in [2.45, 2.75) is 38.5 Å². The molecule has 0 bridgehead atoms. The van der Waals surface area contributed by atoms with Gasteiger partial charge in [0.25, 0.3) is 0 Å². The maximum Gasteiger partial charge on any atom is 0.0476 e. The van der Waals surface area contributed by atoms with Crippen molar-refractivity contribution in [2.75, 3.05) is 9.80 Å². The van der Waals surface area contributed by atoms with E-state index in [4.69, 9.17) is 0 Å². The average Bonchev–Trinajstić information content (AvgIpc) is 1.68. The number of rotatable bonds is 10. The molecular weight excluding hydrogens is 1090 g/mol. The smallest absolute Gasteiger partial charge is 0.0476 e. The minimum absolute atomic E-state index is 0.176. The van der Waals surface area contributed by atoms with Gasteiger partial charge < -0.3 is 9.80 Å². The van der Waals surface area contributed by atoms with Crippen LogP contribution >= 0.6 is 11.3 Å². The third-order valence-electron chi connectivity index (χ3n) is 19.4. The van der Waals surface area contributed by atoms with E-state index in [1.54, 1.807) is 0 Å². The van der Waals surface area contributed by atoms with Crippen molar-refractivity contribution in [3.05, 3.63) is 326 Å². The summed E-state index contributed by atoms with van der Waals surface area (Å²) in [4.78, 5) is 5.02. The predicted molar refractivity (Wildman–Crippen MR) is 381 cm³/mol. The molecule has 0 aliphatic heterocycles. The third kappa shape index (κ3) is 8.59. The molecule has 0 saturated heterocycles. The lowest BCUT2D eigenvalue weighted by molar-refractivity contribution is 0.660. The van der Waals surface area contributed by atoms with E-state index in [1.807, 2.05) is 11.3 Å². The van der Waals surface area contributed by atoms with Crippen LogP contribution in [0.3, 0.4) is 0 Å². The summed E-state index contributed by atoms with van der Waals surface area (Å²) >= 11 is 1.91. The normalized spacial score (nSPS) is 13.3. The quantitative estimate of drug-likeness (QED) is 0.126. The largest absolute Gasteiger partial charge is 0.310 e. The van der Waals surface area contributed by atoms with E-state index >= 15 is 0 Å². The van der Waals surface area contributed by atoms with E-state index in [1.165, 1.54) is 131 Å². The molecule has 0 saturated carbocycles. The standard InChI is InChI=1S/C86H62N2S/c1-85(2)78-35-21-19-32-70(78)72-41-37-64(52-80(72)85)87(67-47-59(55-23-9-5-10-24-55)45-60(48-67)56-25-11-6-12-26-56)63-39-43-75-77(51-63)69-31-17-18-34-74(69)83-76-44-40-66(54-82(76)89-84(75)83)88(65-38-42-73-71-33-20-22-36-79(71)86(3,4)81(73)53-65)68-49-61(57-27-13-7-14-28-57)46-62(50-68)58-29-15-8-16-30-58/h5-54H,1-4H3. The zero-order valence-corrected chi connectivity index (χ0v) is 51.0. The molecule has 2 aliphatic rings. The van der Waals surface area contributed by atoms with Crippen molar-refractivity contribution in [1.82, 2.24) is 0 Å². The maximum absolute atomic E-state index is 2.51. The second-order valence-electron chi connectivity index (χ2n) is 25.2. The number of hydrogen-bond acceptors (Lipinski definition) is 3. The average molecular weight is 1160 g/mol. The first-order valence-corrected chi connectivity index (χ1v) is 31.9. The van der Waals surface area contributed by atoms with Gasteiger partial charge in [-0.2, -0.15) is 0 Å². The number of hydrogen-bond donors (Lipinski definition) is 0. The van der Waals surface area contributed by atoms with Crippen molar-refractivity contribution in [2.24, 2.45) is 0 Å². The van der Waals surface area contributed by atoms with Crippen LogP contribution < -0.4 is 9.80 Å². The van der Waals surface area contributed by atoms with Crippen LogP contribution in [0.25, 0.3) is 108 Å². The van der Waals surface area contributed by atoms with E-state index in [2.05, 4.69) is 341 Å². The molecule has 1 aromatic heterocycles. The van der Waals surface area contributed by atoms with Crippen molar-refractivity contribution in [3.8, 4) is 66.8 Å². The highest BCUT2D eigenvalue weighted by Gasteiger charge is 2.37. The Labute approximate surface area is 524 Å². The molecule has 2 nitrogen and oxygen atoms in total. The Morgan fingerprint density at radius 2 is 0.596 bits per heavy atom. The zero-order chi connectivity index (χ0) is 59.5. The molecule has 3 heteroatoms. The molecule has 0 radical (unpaired) electrons. The van der Waals surface area contributed by atoms with Crippen LogP contribution in [0.15, 0.2) is 303 Å². The second-order valence-corrected chi connectivity index (χ2v) is 26.3. The van der Waals surface area contributed by atoms with Gasteiger partial charge in [-0.3, -0.25) is 0 Å². The lowest BCUT2D eigenvalue weighted by atomic mass is 9.82. The van der Waals surface area contributed by atoms with Crippen LogP contribution in [0, 0.1) is 0 Å². The van der Waals surface area contributed by atoms with Gasteiger partial charge in [0, 0.05) is 70.5 Å². The third-order valence-corrected chi connectivity index (χ3v) is 20.5. The Morgan fingerprint density at radius 1 is 0.236 bits per heavy atom. The van der Waals surface area contributed by atoms with Gasteiger partial charge >= 0.3 is 0 Å². The number of benzene rings is 14. The fourth-order valence-corrected chi connectivity index (χ4v) is 16.2. The SMILES string of the molecule is CC1(C)c2ccccc2-c2ccc(N(c3cc(-c4ccccc4)cc(-c4ccccc4)c3)c3ccc4c(c3)sc3c5ccc(N(c6cc(-c7ccccc7)cc(-c7ccccc7)c6)c6ccc7c(c6)C(C)(C)c6ccccc6-7)cc5c5ccccc5c43)cc21. The van der Waals surface area contributed by atoms with Crippen molar-refractivity contribution < 1.29 is 0 Å². The topological polar surface area (TPSA) is 6.48 Å².